The van der Waals surface area contributed by atoms with Crippen molar-refractivity contribution < 1.29 is 23.0 Å². The molecule has 0 bridgehead atoms. The lowest BCUT2D eigenvalue weighted by molar-refractivity contribution is -0.137. The minimum absolute atomic E-state index is 0.145. The molecule has 0 radical (unpaired) electrons. The highest BCUT2D eigenvalue weighted by Gasteiger charge is 2.31. The number of alkyl halides is 3. The molecule has 0 saturated carbocycles. The molecule has 2 unspecified atom stereocenters. The molecular weight excluding hydrogens is 409 g/mol. The number of nitrogens with zero attached hydrogens (tertiary/aromatic N) is 3. The topological polar surface area (TPSA) is 62.0 Å². The number of imidazole rings is 1. The second kappa shape index (κ2) is 7.28. The Bertz CT molecular complexity index is 1170. The molecule has 2 aliphatic rings. The number of benzene rings is 1. The van der Waals surface area contributed by atoms with Crippen LogP contribution in [0, 0.1) is 0 Å². The lowest BCUT2D eigenvalue weighted by atomic mass is 10.0. The highest BCUT2D eigenvalue weighted by Crippen LogP contribution is 2.36. The number of hydrogen-bond acceptors (Lipinski definition) is 5. The number of piperazine rings is 1. The Hall–Kier alpha value is -3.04. The predicted molar refractivity (Wildman–Crippen MR) is 111 cm³/mol. The largest absolute Gasteiger partial charge is 0.460 e. The van der Waals surface area contributed by atoms with Gasteiger partial charge in [0.15, 0.2) is 0 Å². The van der Waals surface area contributed by atoms with Gasteiger partial charge in [0.1, 0.15) is 11.4 Å². The Balaban J connectivity index is 1.47. The van der Waals surface area contributed by atoms with E-state index in [1.807, 2.05) is 18.2 Å². The van der Waals surface area contributed by atoms with E-state index in [4.69, 9.17) is 4.74 Å². The average Bonchev–Trinajstić information content (AvgIpc) is 3.15. The van der Waals surface area contributed by atoms with Crippen molar-refractivity contribution in [2.24, 2.45) is 0 Å². The molecule has 5 rings (SSSR count). The summed E-state index contributed by atoms with van der Waals surface area (Å²) in [4.78, 5) is 6.53. The number of aromatic nitrogens is 2. The van der Waals surface area contributed by atoms with Crippen LogP contribution in [0.25, 0.3) is 17.3 Å². The van der Waals surface area contributed by atoms with Crippen molar-refractivity contribution in [1.29, 1.82) is 0 Å². The van der Waals surface area contributed by atoms with Crippen LogP contribution in [0.4, 0.5) is 18.9 Å². The summed E-state index contributed by atoms with van der Waals surface area (Å²) in [6.45, 7) is 4.79. The molecule has 0 amide bonds. The molecule has 2 aliphatic heterocycles. The summed E-state index contributed by atoms with van der Waals surface area (Å²) in [5.41, 5.74) is 1.92. The van der Waals surface area contributed by atoms with Crippen LogP contribution in [-0.4, -0.2) is 46.5 Å². The number of anilines is 1. The molecule has 0 aliphatic carbocycles. The van der Waals surface area contributed by atoms with Gasteiger partial charge in [0.25, 0.3) is 0 Å². The van der Waals surface area contributed by atoms with Gasteiger partial charge in [0.05, 0.1) is 11.3 Å². The molecule has 31 heavy (non-hydrogen) atoms. The van der Waals surface area contributed by atoms with Crippen LogP contribution < -0.4 is 15.0 Å². The summed E-state index contributed by atoms with van der Waals surface area (Å²) in [6.07, 6.45) is -1.06. The fraction of sp³-hybridized carbons (Fsp3) is 0.318. The van der Waals surface area contributed by atoms with Gasteiger partial charge < -0.3 is 24.5 Å². The zero-order valence-electron chi connectivity index (χ0n) is 16.7. The lowest BCUT2D eigenvalue weighted by Crippen LogP contribution is -2.49. The van der Waals surface area contributed by atoms with Crippen LogP contribution >= 0.6 is 0 Å². The van der Waals surface area contributed by atoms with Crippen LogP contribution in [0.5, 0.6) is 5.75 Å². The zero-order valence-corrected chi connectivity index (χ0v) is 16.7. The number of aliphatic hydroxyl groups is 1. The van der Waals surface area contributed by atoms with Gasteiger partial charge in [-0.1, -0.05) is 0 Å². The molecular formula is C22H21F3N4O2. The number of fused-ring (bicyclic) bond motifs is 2. The first kappa shape index (κ1) is 19.9. The zero-order chi connectivity index (χ0) is 21.8. The van der Waals surface area contributed by atoms with Gasteiger partial charge in [0.2, 0.25) is 6.29 Å². The first-order chi connectivity index (χ1) is 14.8. The Morgan fingerprint density at radius 1 is 1.23 bits per heavy atom. The molecule has 2 N–H and O–H groups in total. The summed E-state index contributed by atoms with van der Waals surface area (Å²) >= 11 is 0. The van der Waals surface area contributed by atoms with Gasteiger partial charge in [-0.2, -0.15) is 13.2 Å². The quantitative estimate of drug-likeness (QED) is 0.653. The smallest absolute Gasteiger partial charge is 0.416 e. The number of aliphatic hydroxyl groups excluding tert-OH is 1. The van der Waals surface area contributed by atoms with Crippen molar-refractivity contribution in [2.75, 3.05) is 24.5 Å². The first-order valence-electron chi connectivity index (χ1n) is 10.0. The maximum atomic E-state index is 13.0. The number of nitrogens with one attached hydrogen (secondary N) is 1. The molecule has 1 saturated heterocycles. The van der Waals surface area contributed by atoms with Gasteiger partial charge in [-0.05, 0) is 37.3 Å². The number of pyridine rings is 1. The maximum absolute atomic E-state index is 13.0. The Labute approximate surface area is 176 Å². The van der Waals surface area contributed by atoms with E-state index in [2.05, 4.69) is 22.1 Å². The molecule has 6 nitrogen and oxygen atoms in total. The van der Waals surface area contributed by atoms with E-state index in [1.54, 1.807) is 12.3 Å². The molecule has 162 valence electrons. The van der Waals surface area contributed by atoms with E-state index >= 15 is 0 Å². The SMILES string of the molecule is CC1CN(c2ccc3c(c2)OC(O)C(c2cn4ccc(C(F)(F)F)cc4n2)=C3)CCN1. The molecule has 4 heterocycles. The molecule has 9 heteroatoms. The van der Waals surface area contributed by atoms with Crippen LogP contribution in [0.2, 0.25) is 0 Å². The first-order valence-corrected chi connectivity index (χ1v) is 10.0. The summed E-state index contributed by atoms with van der Waals surface area (Å²) in [5, 5.41) is 14.0. The van der Waals surface area contributed by atoms with E-state index in [-0.39, 0.29) is 5.65 Å². The third-order valence-electron chi connectivity index (χ3n) is 5.63. The number of rotatable bonds is 2. The van der Waals surface area contributed by atoms with Gasteiger partial charge in [-0.3, -0.25) is 0 Å². The highest BCUT2D eigenvalue weighted by molar-refractivity contribution is 5.86. The minimum atomic E-state index is -4.44. The fourth-order valence-corrected chi connectivity index (χ4v) is 4.03. The molecule has 1 fully saturated rings. The van der Waals surface area contributed by atoms with E-state index in [1.165, 1.54) is 10.6 Å². The Kier molecular flexibility index (Phi) is 4.67. The molecule has 1 aromatic carbocycles. The third-order valence-corrected chi connectivity index (χ3v) is 5.63. The van der Waals surface area contributed by atoms with E-state index in [9.17, 15) is 18.3 Å². The van der Waals surface area contributed by atoms with E-state index in [0.29, 0.717) is 23.1 Å². The Morgan fingerprint density at radius 2 is 2.06 bits per heavy atom. The van der Waals surface area contributed by atoms with E-state index in [0.717, 1.165) is 43.0 Å². The third kappa shape index (κ3) is 3.75. The molecule has 0 spiro atoms. The minimum Gasteiger partial charge on any atom is -0.460 e. The normalized spacial score (nSPS) is 21.6. The fourth-order valence-electron chi connectivity index (χ4n) is 4.03. The van der Waals surface area contributed by atoms with Crippen molar-refractivity contribution in [2.45, 2.75) is 25.4 Å². The van der Waals surface area contributed by atoms with Crippen molar-refractivity contribution in [3.05, 3.63) is 59.5 Å². The van der Waals surface area contributed by atoms with Gasteiger partial charge in [-0.25, -0.2) is 4.98 Å². The van der Waals surface area contributed by atoms with Crippen molar-refractivity contribution in [3.63, 3.8) is 0 Å². The lowest BCUT2D eigenvalue weighted by Gasteiger charge is -2.34. The molecule has 3 aromatic rings. The van der Waals surface area contributed by atoms with Crippen LogP contribution in [0.15, 0.2) is 42.7 Å². The summed E-state index contributed by atoms with van der Waals surface area (Å²) in [7, 11) is 0. The highest BCUT2D eigenvalue weighted by atomic mass is 19.4. The second-order valence-electron chi connectivity index (χ2n) is 7.90. The number of ether oxygens (including phenoxy) is 1. The van der Waals surface area contributed by atoms with Gasteiger partial charge >= 0.3 is 6.18 Å². The van der Waals surface area contributed by atoms with E-state index < -0.39 is 18.0 Å². The molecule has 2 atom stereocenters. The standard InChI is InChI=1S/C22H21F3N4O2/c1-13-11-28(7-5-26-13)16-3-2-14-8-17(21(30)31-19(14)10-16)18-12-29-6-4-15(22(23,24)25)9-20(29)27-18/h2-4,6,8-10,12-13,21,26,30H,5,7,11H2,1H3. The predicted octanol–water partition coefficient (Wildman–Crippen LogP) is 3.40. The summed E-state index contributed by atoms with van der Waals surface area (Å²) in [6, 6.07) is 8.19. The number of hydrogen-bond donors (Lipinski definition) is 2. The van der Waals surface area contributed by atoms with Crippen LogP contribution in [0.3, 0.4) is 0 Å². The van der Waals surface area contributed by atoms with Crippen LogP contribution in [0.1, 0.15) is 23.7 Å². The molecule has 2 aromatic heterocycles. The summed E-state index contributed by atoms with van der Waals surface area (Å²) < 4.78 is 46.2. The Morgan fingerprint density at radius 3 is 2.84 bits per heavy atom. The van der Waals surface area contributed by atoms with Crippen molar-refractivity contribution in [3.8, 4) is 5.75 Å². The van der Waals surface area contributed by atoms with Crippen molar-refractivity contribution in [1.82, 2.24) is 14.7 Å². The second-order valence-corrected chi connectivity index (χ2v) is 7.90. The average molecular weight is 430 g/mol. The monoisotopic (exact) mass is 430 g/mol. The number of halogens is 3. The van der Waals surface area contributed by atoms with Gasteiger partial charge in [0, 0.05) is 61.0 Å². The van der Waals surface area contributed by atoms with Gasteiger partial charge in [-0.15, -0.1) is 0 Å². The maximum Gasteiger partial charge on any atom is 0.416 e. The summed E-state index contributed by atoms with van der Waals surface area (Å²) in [5.74, 6) is 0.558. The van der Waals surface area contributed by atoms with Crippen molar-refractivity contribution >= 4 is 23.0 Å². The van der Waals surface area contributed by atoms with Crippen LogP contribution in [-0.2, 0) is 6.18 Å².